The van der Waals surface area contributed by atoms with Crippen LogP contribution in [-0.2, 0) is 10.0 Å². The molecule has 0 aromatic rings. The highest BCUT2D eigenvalue weighted by atomic mass is 127. The van der Waals surface area contributed by atoms with Gasteiger partial charge in [-0.25, -0.2) is 13.1 Å². The number of halogens is 1. The van der Waals surface area contributed by atoms with Gasteiger partial charge in [0, 0.05) is 25.2 Å². The molecule has 1 rings (SSSR count). The van der Waals surface area contributed by atoms with Crippen molar-refractivity contribution in [3.05, 3.63) is 12.2 Å². The van der Waals surface area contributed by atoms with E-state index in [2.05, 4.69) is 32.5 Å². The topological polar surface area (TPSA) is 82.6 Å². The molecule has 0 aliphatic heterocycles. The largest absolute Gasteiger partial charge is 0.355 e. The van der Waals surface area contributed by atoms with Gasteiger partial charge in [-0.05, 0) is 26.7 Å². The van der Waals surface area contributed by atoms with Crippen molar-refractivity contribution in [2.45, 2.75) is 38.3 Å². The van der Waals surface area contributed by atoms with Gasteiger partial charge >= 0.3 is 0 Å². The molecule has 0 atom stereocenters. The predicted octanol–water partition coefficient (Wildman–Crippen LogP) is 0.816. The van der Waals surface area contributed by atoms with E-state index in [1.54, 1.807) is 7.05 Å². The van der Waals surface area contributed by atoms with E-state index in [-0.39, 0.29) is 24.0 Å². The molecule has 0 unspecified atom stereocenters. The third-order valence-electron chi connectivity index (χ3n) is 2.73. The Labute approximate surface area is 139 Å². The second-order valence-electron chi connectivity index (χ2n) is 5.47. The average molecular weight is 416 g/mol. The van der Waals surface area contributed by atoms with Crippen LogP contribution in [0.25, 0.3) is 0 Å². The minimum absolute atomic E-state index is 0. The molecule has 0 saturated carbocycles. The van der Waals surface area contributed by atoms with Crippen molar-refractivity contribution in [2.24, 2.45) is 4.99 Å². The van der Waals surface area contributed by atoms with E-state index in [0.29, 0.717) is 18.5 Å². The highest BCUT2D eigenvalue weighted by Crippen LogP contribution is 2.08. The zero-order chi connectivity index (χ0) is 14.5. The van der Waals surface area contributed by atoms with E-state index >= 15 is 0 Å². The first-order valence-electron chi connectivity index (χ1n) is 6.33. The molecule has 3 N–H and O–H groups in total. The number of nitrogens with zero attached hydrogens (tertiary/aromatic N) is 1. The number of hydrogen-bond donors (Lipinski definition) is 3. The number of hydrogen-bond acceptors (Lipinski definition) is 3. The fourth-order valence-corrected chi connectivity index (χ4v) is 3.04. The molecule has 118 valence electrons. The molecule has 0 spiro atoms. The molecule has 6 nitrogen and oxygen atoms in total. The summed E-state index contributed by atoms with van der Waals surface area (Å²) in [4.78, 5) is 4.14. The van der Waals surface area contributed by atoms with Crippen molar-refractivity contribution in [1.82, 2.24) is 15.4 Å². The van der Waals surface area contributed by atoms with Crippen molar-refractivity contribution in [3.63, 3.8) is 0 Å². The Morgan fingerprint density at radius 1 is 1.35 bits per heavy atom. The standard InChI is InChI=1S/C12H24N4O2S.HI/c1-12(2,16-19(4,17)18)9-14-11(13-3)15-10-7-5-6-8-10;/h5-6,10,16H,7-9H2,1-4H3,(H2,13,14,15);1H. The third-order valence-corrected chi connectivity index (χ3v) is 3.66. The quantitative estimate of drug-likeness (QED) is 0.268. The average Bonchev–Trinajstić information content (AvgIpc) is 2.73. The van der Waals surface area contributed by atoms with E-state index < -0.39 is 15.6 Å². The summed E-state index contributed by atoms with van der Waals surface area (Å²) >= 11 is 0. The molecule has 0 radical (unpaired) electrons. The smallest absolute Gasteiger partial charge is 0.209 e. The molecule has 20 heavy (non-hydrogen) atoms. The van der Waals surface area contributed by atoms with E-state index in [1.165, 1.54) is 0 Å². The molecule has 1 aliphatic carbocycles. The van der Waals surface area contributed by atoms with Crippen LogP contribution in [0.1, 0.15) is 26.7 Å². The van der Waals surface area contributed by atoms with Crippen molar-refractivity contribution in [3.8, 4) is 0 Å². The van der Waals surface area contributed by atoms with E-state index in [4.69, 9.17) is 0 Å². The number of guanidine groups is 1. The fraction of sp³-hybridized carbons (Fsp3) is 0.750. The van der Waals surface area contributed by atoms with Crippen LogP contribution < -0.4 is 15.4 Å². The molecule has 0 fully saturated rings. The Morgan fingerprint density at radius 2 is 1.90 bits per heavy atom. The molecular formula is C12H25IN4O2S. The summed E-state index contributed by atoms with van der Waals surface area (Å²) in [6.07, 6.45) is 7.42. The van der Waals surface area contributed by atoms with Gasteiger partial charge in [0.2, 0.25) is 10.0 Å². The fourth-order valence-electron chi connectivity index (χ4n) is 1.97. The molecule has 0 bridgehead atoms. The molecule has 0 aromatic carbocycles. The minimum Gasteiger partial charge on any atom is -0.355 e. The second kappa shape index (κ2) is 8.18. The van der Waals surface area contributed by atoms with Crippen molar-refractivity contribution < 1.29 is 8.42 Å². The maximum absolute atomic E-state index is 11.2. The number of rotatable bonds is 5. The van der Waals surface area contributed by atoms with Crippen LogP contribution in [0, 0.1) is 0 Å². The number of sulfonamides is 1. The lowest BCUT2D eigenvalue weighted by atomic mass is 10.1. The lowest BCUT2D eigenvalue weighted by molar-refractivity contribution is 0.445. The first-order valence-corrected chi connectivity index (χ1v) is 8.22. The molecule has 0 saturated heterocycles. The van der Waals surface area contributed by atoms with Crippen LogP contribution in [0.3, 0.4) is 0 Å². The molecule has 0 heterocycles. The number of nitrogens with one attached hydrogen (secondary N) is 3. The lowest BCUT2D eigenvalue weighted by Gasteiger charge is -2.27. The third kappa shape index (κ3) is 8.05. The summed E-state index contributed by atoms with van der Waals surface area (Å²) in [5.41, 5.74) is -0.570. The van der Waals surface area contributed by atoms with Gasteiger partial charge in [0.15, 0.2) is 5.96 Å². The van der Waals surface area contributed by atoms with Gasteiger partial charge in [0.25, 0.3) is 0 Å². The van der Waals surface area contributed by atoms with Gasteiger partial charge in [0.05, 0.1) is 6.26 Å². The summed E-state index contributed by atoms with van der Waals surface area (Å²) < 4.78 is 25.1. The highest BCUT2D eigenvalue weighted by molar-refractivity contribution is 14.0. The van der Waals surface area contributed by atoms with Crippen molar-refractivity contribution in [1.29, 1.82) is 0 Å². The lowest BCUT2D eigenvalue weighted by Crippen LogP contribution is -2.53. The summed E-state index contributed by atoms with van der Waals surface area (Å²) in [5, 5.41) is 6.44. The van der Waals surface area contributed by atoms with Crippen molar-refractivity contribution >= 4 is 40.0 Å². The zero-order valence-corrected chi connectivity index (χ0v) is 15.6. The Hall–Kier alpha value is -0.350. The maximum Gasteiger partial charge on any atom is 0.209 e. The van der Waals surface area contributed by atoms with Crippen LogP contribution >= 0.6 is 24.0 Å². The van der Waals surface area contributed by atoms with Gasteiger partial charge in [-0.3, -0.25) is 4.99 Å². The Balaban J connectivity index is 0.00000361. The Bertz CT molecular complexity index is 452. The van der Waals surface area contributed by atoms with Crippen LogP contribution in [0.15, 0.2) is 17.1 Å². The maximum atomic E-state index is 11.2. The first kappa shape index (κ1) is 19.7. The molecule has 1 aliphatic rings. The molecule has 0 aromatic heterocycles. The van der Waals surface area contributed by atoms with Crippen LogP contribution in [0.5, 0.6) is 0 Å². The summed E-state index contributed by atoms with van der Waals surface area (Å²) in [5.74, 6) is 0.692. The summed E-state index contributed by atoms with van der Waals surface area (Å²) in [6.45, 7) is 4.11. The first-order chi connectivity index (χ1) is 8.72. The normalized spacial score (nSPS) is 16.9. The van der Waals surface area contributed by atoms with E-state index in [1.807, 2.05) is 13.8 Å². The van der Waals surface area contributed by atoms with Crippen LogP contribution in [-0.4, -0.2) is 45.8 Å². The van der Waals surface area contributed by atoms with Crippen molar-refractivity contribution in [2.75, 3.05) is 19.8 Å². The van der Waals surface area contributed by atoms with Gasteiger partial charge in [-0.1, -0.05) is 12.2 Å². The van der Waals surface area contributed by atoms with Gasteiger partial charge < -0.3 is 10.6 Å². The SMILES string of the molecule is CN=C(NCC(C)(C)NS(C)(=O)=O)NC1CC=CC1.I. The van der Waals surface area contributed by atoms with Crippen LogP contribution in [0.4, 0.5) is 0 Å². The Kier molecular flexibility index (Phi) is 8.04. The van der Waals surface area contributed by atoms with Gasteiger partial charge in [-0.2, -0.15) is 0 Å². The summed E-state index contributed by atoms with van der Waals surface area (Å²) in [7, 11) is -1.52. The second-order valence-corrected chi connectivity index (χ2v) is 7.22. The molecule has 0 amide bonds. The van der Waals surface area contributed by atoms with E-state index in [9.17, 15) is 8.42 Å². The summed E-state index contributed by atoms with van der Waals surface area (Å²) in [6, 6.07) is 0.372. The van der Waals surface area contributed by atoms with E-state index in [0.717, 1.165) is 19.1 Å². The Morgan fingerprint density at radius 3 is 2.35 bits per heavy atom. The number of aliphatic imine (C=N–C) groups is 1. The zero-order valence-electron chi connectivity index (χ0n) is 12.4. The monoisotopic (exact) mass is 416 g/mol. The van der Waals surface area contributed by atoms with Gasteiger partial charge in [0.1, 0.15) is 0 Å². The highest BCUT2D eigenvalue weighted by Gasteiger charge is 2.22. The predicted molar refractivity (Wildman–Crippen MR) is 94.1 cm³/mol. The minimum atomic E-state index is -3.22. The van der Waals surface area contributed by atoms with Crippen LogP contribution in [0.2, 0.25) is 0 Å². The van der Waals surface area contributed by atoms with Gasteiger partial charge in [-0.15, -0.1) is 24.0 Å². The molecular weight excluding hydrogens is 391 g/mol. The molecule has 8 heteroatoms.